The molecule has 1 aromatic rings. The molecule has 1 rings (SSSR count). The second-order valence-corrected chi connectivity index (χ2v) is 4.29. The van der Waals surface area contributed by atoms with E-state index in [0.29, 0.717) is 0 Å². The normalized spacial score (nSPS) is 11.0. The van der Waals surface area contributed by atoms with E-state index in [4.69, 9.17) is 6.42 Å². The van der Waals surface area contributed by atoms with Crippen LogP contribution in [0.3, 0.4) is 0 Å². The maximum Gasteiger partial charge on any atom is -0.000696 e. The third-order valence-electron chi connectivity index (χ3n) is 2.09. The Hall–Kier alpha value is -1.57. The summed E-state index contributed by atoms with van der Waals surface area (Å²) in [4.78, 5) is 0. The summed E-state index contributed by atoms with van der Waals surface area (Å²) in [5, 5.41) is 0. The van der Waals surface area contributed by atoms with Crippen LogP contribution in [0, 0.1) is 18.4 Å². The zero-order chi connectivity index (χ0) is 10.6. The van der Waals surface area contributed by atoms with Crippen LogP contribution in [-0.2, 0) is 5.41 Å². The minimum absolute atomic E-state index is 0.194. The van der Waals surface area contributed by atoms with Crippen molar-refractivity contribution in [2.24, 2.45) is 0 Å². The monoisotopic (exact) mass is 182 g/mol. The van der Waals surface area contributed by atoms with E-state index in [-0.39, 0.29) is 5.41 Å². The highest BCUT2D eigenvalue weighted by molar-refractivity contribution is 5.50. The van der Waals surface area contributed by atoms with Crippen molar-refractivity contribution >= 4 is 6.08 Å². The second-order valence-electron chi connectivity index (χ2n) is 4.29. The first-order valence-electron chi connectivity index (χ1n) is 4.65. The zero-order valence-electron chi connectivity index (χ0n) is 8.89. The largest absolute Gasteiger partial charge is 0.0601 e. The first kappa shape index (κ1) is 10.5. The van der Waals surface area contributed by atoms with Gasteiger partial charge >= 0.3 is 0 Å². The molecule has 0 N–H and O–H groups in total. The molecule has 0 saturated heterocycles. The third kappa shape index (κ3) is 2.73. The van der Waals surface area contributed by atoms with E-state index in [2.05, 4.69) is 44.9 Å². The summed E-state index contributed by atoms with van der Waals surface area (Å²) in [6.07, 6.45) is 11.1. The summed E-state index contributed by atoms with van der Waals surface area (Å²) in [5.41, 5.74) is 2.56. The van der Waals surface area contributed by atoms with Gasteiger partial charge in [0.1, 0.15) is 0 Å². The van der Waals surface area contributed by atoms with Gasteiger partial charge in [0.05, 0.1) is 0 Å². The van der Waals surface area contributed by atoms with Crippen molar-refractivity contribution in [3.63, 3.8) is 0 Å². The zero-order valence-corrected chi connectivity index (χ0v) is 8.89. The van der Waals surface area contributed by atoms with Crippen molar-refractivity contribution in [3.05, 3.63) is 47.9 Å². The van der Waals surface area contributed by atoms with E-state index in [1.54, 1.807) is 6.08 Å². The van der Waals surface area contributed by atoms with Crippen LogP contribution in [0.15, 0.2) is 24.3 Å². The Morgan fingerprint density at radius 3 is 2.21 bits per heavy atom. The molecule has 0 saturated carbocycles. The maximum atomic E-state index is 6.70. The fraction of sp³-hybridized carbons (Fsp3) is 0.286. The van der Waals surface area contributed by atoms with Gasteiger partial charge in [-0.3, -0.25) is 0 Å². The summed E-state index contributed by atoms with van der Waals surface area (Å²) >= 11 is 0. The van der Waals surface area contributed by atoms with E-state index in [0.717, 1.165) is 5.56 Å². The highest BCUT2D eigenvalue weighted by Gasteiger charge is 2.12. The smallest absolute Gasteiger partial charge is 0.000696 e. The standard InChI is InChI=1S/C14H14/c1-5-6-7-12-8-10-13(11-9-12)14(2,3)4/h7-11H,2-4H3. The Balaban J connectivity index is 2.91. The fourth-order valence-electron chi connectivity index (χ4n) is 1.20. The van der Waals surface area contributed by atoms with Crippen LogP contribution in [0.25, 0.3) is 6.08 Å². The molecule has 14 heavy (non-hydrogen) atoms. The molecule has 0 heterocycles. The first-order valence-corrected chi connectivity index (χ1v) is 4.65. The SMILES string of the molecule is [C-]#C[C+]=Cc1ccc(C(C)(C)C)cc1. The summed E-state index contributed by atoms with van der Waals surface area (Å²) in [6.45, 7) is 6.57. The van der Waals surface area contributed by atoms with Crippen LogP contribution in [-0.4, -0.2) is 0 Å². The molecule has 0 fully saturated rings. The topological polar surface area (TPSA) is 0 Å². The van der Waals surface area contributed by atoms with E-state index < -0.39 is 0 Å². The van der Waals surface area contributed by atoms with Crippen LogP contribution in [0.4, 0.5) is 0 Å². The van der Waals surface area contributed by atoms with Crippen molar-refractivity contribution < 1.29 is 0 Å². The molecule has 0 spiro atoms. The van der Waals surface area contributed by atoms with Gasteiger partial charge in [-0.25, -0.2) is 0 Å². The molecule has 0 atom stereocenters. The number of hydrogen-bond donors (Lipinski definition) is 0. The summed E-state index contributed by atoms with van der Waals surface area (Å²) in [7, 11) is 0. The van der Waals surface area contributed by atoms with Crippen molar-refractivity contribution in [1.82, 2.24) is 0 Å². The van der Waals surface area contributed by atoms with E-state index in [1.807, 2.05) is 12.1 Å². The van der Waals surface area contributed by atoms with Crippen LogP contribution in [0.2, 0.25) is 0 Å². The molecule has 0 aliphatic rings. The van der Waals surface area contributed by atoms with Gasteiger partial charge in [0.15, 0.2) is 0 Å². The number of benzene rings is 1. The van der Waals surface area contributed by atoms with Gasteiger partial charge in [-0.15, -0.1) is 0 Å². The molecule has 0 aliphatic carbocycles. The van der Waals surface area contributed by atoms with Crippen LogP contribution >= 0.6 is 0 Å². The van der Waals surface area contributed by atoms with Gasteiger partial charge in [0.25, 0.3) is 0 Å². The van der Waals surface area contributed by atoms with Crippen molar-refractivity contribution in [2.45, 2.75) is 26.2 Å². The maximum absolute atomic E-state index is 6.70. The van der Waals surface area contributed by atoms with Crippen molar-refractivity contribution in [1.29, 1.82) is 0 Å². The lowest BCUT2D eigenvalue weighted by molar-refractivity contribution is 0.590. The Labute approximate surface area is 86.7 Å². The average molecular weight is 182 g/mol. The van der Waals surface area contributed by atoms with Crippen LogP contribution < -0.4 is 0 Å². The minimum atomic E-state index is 0.194. The molecule has 1 aromatic carbocycles. The number of allylic oxidation sites excluding steroid dienone is 1. The molecule has 0 unspecified atom stereocenters. The summed E-state index contributed by atoms with van der Waals surface area (Å²) in [6, 6.07) is 8.28. The van der Waals surface area contributed by atoms with Crippen molar-refractivity contribution in [3.8, 4) is 5.92 Å². The van der Waals surface area contributed by atoms with Gasteiger partial charge in [0, 0.05) is 0 Å². The molecule has 0 bridgehead atoms. The minimum Gasteiger partial charge on any atom is -0.0601 e. The molecule has 0 nitrogen and oxygen atoms in total. The summed E-state index contributed by atoms with van der Waals surface area (Å²) < 4.78 is 0. The lowest BCUT2D eigenvalue weighted by atomic mass is 9.87. The lowest BCUT2D eigenvalue weighted by Crippen LogP contribution is -2.10. The Kier molecular flexibility index (Phi) is 3.07. The number of hydrogen-bond acceptors (Lipinski definition) is 0. The Morgan fingerprint density at radius 1 is 1.21 bits per heavy atom. The van der Waals surface area contributed by atoms with Gasteiger partial charge < -0.3 is 0 Å². The molecule has 0 aromatic heterocycles. The predicted molar refractivity (Wildman–Crippen MR) is 60.0 cm³/mol. The molecule has 0 amide bonds. The second kappa shape index (κ2) is 4.09. The van der Waals surface area contributed by atoms with Gasteiger partial charge in [0.2, 0.25) is 0 Å². The van der Waals surface area contributed by atoms with Gasteiger partial charge in [-0.1, -0.05) is 51.1 Å². The van der Waals surface area contributed by atoms with Gasteiger partial charge in [-0.2, -0.15) is 0 Å². The number of rotatable bonds is 1. The molecular weight excluding hydrogens is 168 g/mol. The van der Waals surface area contributed by atoms with Crippen molar-refractivity contribution in [2.75, 3.05) is 0 Å². The molecule has 0 heteroatoms. The van der Waals surface area contributed by atoms with Crippen LogP contribution in [0.1, 0.15) is 31.9 Å². The predicted octanol–water partition coefficient (Wildman–Crippen LogP) is 3.39. The third-order valence-corrected chi connectivity index (χ3v) is 2.09. The average Bonchev–Trinajstić information content (AvgIpc) is 2.14. The van der Waals surface area contributed by atoms with E-state index in [1.165, 1.54) is 5.56 Å². The summed E-state index contributed by atoms with van der Waals surface area (Å²) in [5.74, 6) is 2.11. The Bertz CT molecular complexity index is 353. The van der Waals surface area contributed by atoms with E-state index in [9.17, 15) is 0 Å². The quantitative estimate of drug-likeness (QED) is 0.461. The Morgan fingerprint density at radius 2 is 1.79 bits per heavy atom. The molecule has 0 aliphatic heterocycles. The van der Waals surface area contributed by atoms with E-state index >= 15 is 0 Å². The van der Waals surface area contributed by atoms with Crippen LogP contribution in [0.5, 0.6) is 0 Å². The molecule has 0 radical (unpaired) electrons. The first-order chi connectivity index (χ1) is 6.54. The molecular formula is C14H14. The lowest BCUT2D eigenvalue weighted by Gasteiger charge is -2.18. The highest BCUT2D eigenvalue weighted by atomic mass is 14.2. The van der Waals surface area contributed by atoms with Gasteiger partial charge in [-0.05, 0) is 35.0 Å². The highest BCUT2D eigenvalue weighted by Crippen LogP contribution is 2.22. The fourth-order valence-corrected chi connectivity index (χ4v) is 1.20. The molecule has 70 valence electrons.